The second-order valence-electron chi connectivity index (χ2n) is 7.45. The summed E-state index contributed by atoms with van der Waals surface area (Å²) in [5.74, 6) is 2.43. The van der Waals surface area contributed by atoms with Crippen molar-refractivity contribution in [3.8, 4) is 34.3 Å². The lowest BCUT2D eigenvalue weighted by molar-refractivity contribution is 0.102. The molecule has 3 heterocycles. The third kappa shape index (κ3) is 3.24. The standard InChI is InChI=1S/C25H18N2O5/c28-25(26-16-6-8-22-24(12-16)32-14-31-22)18-13-20(27-19-4-2-1-3-17(18)19)15-5-7-21-23(11-15)30-10-9-29-21/h1-8,11-13H,9-10,14H2,(H,26,28). The maximum Gasteiger partial charge on any atom is 0.256 e. The molecule has 6 rings (SSSR count). The smallest absolute Gasteiger partial charge is 0.256 e. The van der Waals surface area contributed by atoms with Crippen molar-refractivity contribution in [2.45, 2.75) is 0 Å². The zero-order chi connectivity index (χ0) is 21.5. The van der Waals surface area contributed by atoms with Crippen molar-refractivity contribution >= 4 is 22.5 Å². The highest BCUT2D eigenvalue weighted by Gasteiger charge is 2.18. The Labute approximate surface area is 183 Å². The minimum absolute atomic E-state index is 0.181. The number of carbonyl (C=O) groups is 1. The molecular formula is C25H18N2O5. The molecule has 32 heavy (non-hydrogen) atoms. The number of ether oxygens (including phenoxy) is 4. The molecule has 158 valence electrons. The van der Waals surface area contributed by atoms with Crippen LogP contribution in [0.2, 0.25) is 0 Å². The van der Waals surface area contributed by atoms with Gasteiger partial charge in [0.15, 0.2) is 23.0 Å². The fraction of sp³-hybridized carbons (Fsp3) is 0.120. The number of para-hydroxylation sites is 1. The van der Waals surface area contributed by atoms with Crippen LogP contribution in [-0.2, 0) is 0 Å². The largest absolute Gasteiger partial charge is 0.486 e. The number of aromatic nitrogens is 1. The molecule has 0 saturated heterocycles. The summed E-state index contributed by atoms with van der Waals surface area (Å²) < 4.78 is 22.1. The molecule has 3 aromatic carbocycles. The number of amides is 1. The number of nitrogens with one attached hydrogen (secondary N) is 1. The Morgan fingerprint density at radius 1 is 0.781 bits per heavy atom. The predicted octanol–water partition coefficient (Wildman–Crippen LogP) is 4.65. The molecule has 7 nitrogen and oxygen atoms in total. The van der Waals surface area contributed by atoms with E-state index in [4.69, 9.17) is 23.9 Å². The Hall–Kier alpha value is -4.26. The van der Waals surface area contributed by atoms with Gasteiger partial charge >= 0.3 is 0 Å². The Bertz CT molecular complexity index is 1370. The van der Waals surface area contributed by atoms with Gasteiger partial charge in [0, 0.05) is 22.7 Å². The SMILES string of the molecule is O=C(Nc1ccc2c(c1)OCO2)c1cc(-c2ccc3c(c2)OCCO3)nc2ccccc12. The molecule has 0 saturated carbocycles. The van der Waals surface area contributed by atoms with Crippen molar-refractivity contribution in [3.05, 3.63) is 72.3 Å². The van der Waals surface area contributed by atoms with Gasteiger partial charge in [0.2, 0.25) is 6.79 Å². The van der Waals surface area contributed by atoms with Gasteiger partial charge < -0.3 is 24.3 Å². The van der Waals surface area contributed by atoms with E-state index in [0.717, 1.165) is 16.5 Å². The van der Waals surface area contributed by atoms with Crippen LogP contribution in [0, 0.1) is 0 Å². The highest BCUT2D eigenvalue weighted by Crippen LogP contribution is 2.36. The summed E-state index contributed by atoms with van der Waals surface area (Å²) in [6.45, 7) is 1.22. The van der Waals surface area contributed by atoms with Gasteiger partial charge in [0.05, 0.1) is 16.8 Å². The summed E-state index contributed by atoms with van der Waals surface area (Å²) in [6, 6.07) is 20.4. The van der Waals surface area contributed by atoms with Crippen LogP contribution in [-0.4, -0.2) is 30.9 Å². The molecule has 0 atom stereocenters. The maximum absolute atomic E-state index is 13.3. The number of benzene rings is 3. The first-order valence-electron chi connectivity index (χ1n) is 10.3. The van der Waals surface area contributed by atoms with Gasteiger partial charge in [-0.2, -0.15) is 0 Å². The van der Waals surface area contributed by atoms with Crippen LogP contribution in [0.1, 0.15) is 10.4 Å². The van der Waals surface area contributed by atoms with Gasteiger partial charge in [0.1, 0.15) is 13.2 Å². The molecule has 2 aliphatic rings. The molecule has 2 aliphatic heterocycles. The summed E-state index contributed by atoms with van der Waals surface area (Å²) >= 11 is 0. The lowest BCUT2D eigenvalue weighted by atomic mass is 10.0. The van der Waals surface area contributed by atoms with Crippen LogP contribution < -0.4 is 24.3 Å². The van der Waals surface area contributed by atoms with Crippen molar-refractivity contribution in [2.24, 2.45) is 0 Å². The number of rotatable bonds is 3. The summed E-state index contributed by atoms with van der Waals surface area (Å²) in [6.07, 6.45) is 0. The normalized spacial score (nSPS) is 13.8. The molecule has 0 fully saturated rings. The molecule has 4 aromatic rings. The number of hydrogen-bond donors (Lipinski definition) is 1. The van der Waals surface area contributed by atoms with E-state index < -0.39 is 0 Å². The average molecular weight is 426 g/mol. The van der Waals surface area contributed by atoms with E-state index in [9.17, 15) is 4.79 Å². The van der Waals surface area contributed by atoms with Crippen molar-refractivity contribution < 1.29 is 23.7 Å². The first kappa shape index (κ1) is 18.5. The molecule has 7 heteroatoms. The van der Waals surface area contributed by atoms with Gasteiger partial charge in [-0.25, -0.2) is 4.98 Å². The lowest BCUT2D eigenvalue weighted by Gasteiger charge is -2.19. The van der Waals surface area contributed by atoms with E-state index in [2.05, 4.69) is 5.32 Å². The highest BCUT2D eigenvalue weighted by atomic mass is 16.7. The van der Waals surface area contributed by atoms with Crippen molar-refractivity contribution in [2.75, 3.05) is 25.3 Å². The number of hydrogen-bond acceptors (Lipinski definition) is 6. The monoisotopic (exact) mass is 426 g/mol. The van der Waals surface area contributed by atoms with Gasteiger partial charge in [-0.1, -0.05) is 18.2 Å². The van der Waals surface area contributed by atoms with Crippen molar-refractivity contribution in [1.29, 1.82) is 0 Å². The molecule has 0 unspecified atom stereocenters. The number of nitrogens with zero attached hydrogens (tertiary/aromatic N) is 1. The van der Waals surface area contributed by atoms with Crippen LogP contribution >= 0.6 is 0 Å². The Morgan fingerprint density at radius 3 is 2.47 bits per heavy atom. The maximum atomic E-state index is 13.3. The molecule has 0 spiro atoms. The molecular weight excluding hydrogens is 408 g/mol. The molecule has 1 N–H and O–H groups in total. The summed E-state index contributed by atoms with van der Waals surface area (Å²) in [4.78, 5) is 18.1. The van der Waals surface area contributed by atoms with Crippen molar-refractivity contribution in [1.82, 2.24) is 4.98 Å². The first-order chi connectivity index (χ1) is 15.7. The van der Waals surface area contributed by atoms with E-state index in [1.807, 2.05) is 42.5 Å². The van der Waals surface area contributed by atoms with E-state index in [1.54, 1.807) is 24.3 Å². The van der Waals surface area contributed by atoms with Crippen LogP contribution in [0.3, 0.4) is 0 Å². The van der Waals surface area contributed by atoms with E-state index in [0.29, 0.717) is 53.2 Å². The first-order valence-corrected chi connectivity index (χ1v) is 10.3. The quantitative estimate of drug-likeness (QED) is 0.514. The van der Waals surface area contributed by atoms with Gasteiger partial charge in [-0.15, -0.1) is 0 Å². The van der Waals surface area contributed by atoms with Crippen LogP contribution in [0.5, 0.6) is 23.0 Å². The Balaban J connectivity index is 1.40. The fourth-order valence-corrected chi connectivity index (χ4v) is 3.89. The van der Waals surface area contributed by atoms with Gasteiger partial charge in [-0.3, -0.25) is 4.79 Å². The zero-order valence-corrected chi connectivity index (χ0v) is 17.0. The van der Waals surface area contributed by atoms with Crippen LogP contribution in [0.25, 0.3) is 22.2 Å². The van der Waals surface area contributed by atoms with Crippen molar-refractivity contribution in [3.63, 3.8) is 0 Å². The second kappa shape index (κ2) is 7.46. The number of pyridine rings is 1. The second-order valence-corrected chi connectivity index (χ2v) is 7.45. The van der Waals surface area contributed by atoms with E-state index in [1.165, 1.54) is 0 Å². The minimum Gasteiger partial charge on any atom is -0.486 e. The van der Waals surface area contributed by atoms with Gasteiger partial charge in [-0.05, 0) is 42.5 Å². The number of fused-ring (bicyclic) bond motifs is 3. The highest BCUT2D eigenvalue weighted by molar-refractivity contribution is 6.13. The van der Waals surface area contributed by atoms with E-state index >= 15 is 0 Å². The molecule has 1 aromatic heterocycles. The molecule has 1 amide bonds. The lowest BCUT2D eigenvalue weighted by Crippen LogP contribution is -2.15. The number of anilines is 1. The third-order valence-electron chi connectivity index (χ3n) is 5.43. The van der Waals surface area contributed by atoms with E-state index in [-0.39, 0.29) is 12.7 Å². The van der Waals surface area contributed by atoms with Gasteiger partial charge in [0.25, 0.3) is 5.91 Å². The zero-order valence-electron chi connectivity index (χ0n) is 17.0. The third-order valence-corrected chi connectivity index (χ3v) is 5.43. The Morgan fingerprint density at radius 2 is 1.53 bits per heavy atom. The topological polar surface area (TPSA) is 78.9 Å². The molecule has 0 radical (unpaired) electrons. The Kier molecular flexibility index (Phi) is 4.31. The van der Waals surface area contributed by atoms with Crippen LogP contribution in [0.4, 0.5) is 5.69 Å². The predicted molar refractivity (Wildman–Crippen MR) is 119 cm³/mol. The fourth-order valence-electron chi connectivity index (χ4n) is 3.89. The van der Waals surface area contributed by atoms with Crippen LogP contribution in [0.15, 0.2) is 66.7 Å². The summed E-state index contributed by atoms with van der Waals surface area (Å²) in [5, 5.41) is 3.73. The summed E-state index contributed by atoms with van der Waals surface area (Å²) in [7, 11) is 0. The summed E-state index contributed by atoms with van der Waals surface area (Å²) in [5.41, 5.74) is 3.41. The minimum atomic E-state index is -0.235. The average Bonchev–Trinajstić information content (AvgIpc) is 3.31. The molecule has 0 bridgehead atoms. The number of carbonyl (C=O) groups excluding carboxylic acids is 1. The molecule has 0 aliphatic carbocycles.